The summed E-state index contributed by atoms with van der Waals surface area (Å²) in [5.41, 5.74) is -0.452. The molecular weight excluding hydrogens is 308 g/mol. The number of piperazine rings is 1. The Morgan fingerprint density at radius 2 is 1.88 bits per heavy atom. The SMILES string of the molecule is CCNC(=O)C1CN(C2CCN(C(=O)OC(C)(C)C)CC2)CCN1. The smallest absolute Gasteiger partial charge is 0.410 e. The van der Waals surface area contributed by atoms with Crippen molar-refractivity contribution in [1.29, 1.82) is 0 Å². The molecule has 2 fully saturated rings. The summed E-state index contributed by atoms with van der Waals surface area (Å²) in [4.78, 5) is 28.4. The van der Waals surface area contributed by atoms with Crippen molar-refractivity contribution in [3.05, 3.63) is 0 Å². The van der Waals surface area contributed by atoms with E-state index in [0.717, 1.165) is 45.6 Å². The van der Waals surface area contributed by atoms with Crippen molar-refractivity contribution < 1.29 is 14.3 Å². The van der Waals surface area contributed by atoms with Crippen LogP contribution in [0.5, 0.6) is 0 Å². The van der Waals surface area contributed by atoms with E-state index in [-0.39, 0.29) is 18.0 Å². The summed E-state index contributed by atoms with van der Waals surface area (Å²) in [5, 5.41) is 6.17. The fourth-order valence-corrected chi connectivity index (χ4v) is 3.32. The van der Waals surface area contributed by atoms with Gasteiger partial charge in [0.2, 0.25) is 5.91 Å². The molecule has 7 nitrogen and oxygen atoms in total. The molecule has 0 saturated carbocycles. The van der Waals surface area contributed by atoms with Gasteiger partial charge in [0, 0.05) is 45.3 Å². The van der Waals surface area contributed by atoms with E-state index in [4.69, 9.17) is 4.74 Å². The van der Waals surface area contributed by atoms with Crippen LogP contribution in [0, 0.1) is 0 Å². The van der Waals surface area contributed by atoms with Crippen molar-refractivity contribution in [1.82, 2.24) is 20.4 Å². The van der Waals surface area contributed by atoms with Crippen LogP contribution >= 0.6 is 0 Å². The van der Waals surface area contributed by atoms with E-state index in [9.17, 15) is 9.59 Å². The molecule has 0 radical (unpaired) electrons. The second-order valence-corrected chi connectivity index (χ2v) is 7.59. The minimum absolute atomic E-state index is 0.0772. The Hall–Kier alpha value is -1.34. The van der Waals surface area contributed by atoms with Crippen molar-refractivity contribution >= 4 is 12.0 Å². The lowest BCUT2D eigenvalue weighted by Gasteiger charge is -2.42. The van der Waals surface area contributed by atoms with Crippen molar-refractivity contribution in [2.75, 3.05) is 39.3 Å². The summed E-state index contributed by atoms with van der Waals surface area (Å²) >= 11 is 0. The van der Waals surface area contributed by atoms with Crippen LogP contribution in [0.4, 0.5) is 4.79 Å². The molecule has 24 heavy (non-hydrogen) atoms. The van der Waals surface area contributed by atoms with E-state index in [0.29, 0.717) is 12.6 Å². The van der Waals surface area contributed by atoms with Gasteiger partial charge in [0.15, 0.2) is 0 Å². The molecule has 1 unspecified atom stereocenters. The average Bonchev–Trinajstić information content (AvgIpc) is 2.54. The third kappa shape index (κ3) is 5.34. The molecule has 138 valence electrons. The van der Waals surface area contributed by atoms with Gasteiger partial charge in [-0.05, 0) is 40.5 Å². The Morgan fingerprint density at radius 1 is 1.21 bits per heavy atom. The Labute approximate surface area is 145 Å². The third-order valence-corrected chi connectivity index (χ3v) is 4.51. The van der Waals surface area contributed by atoms with Crippen LogP contribution in [0.2, 0.25) is 0 Å². The Bertz CT molecular complexity index is 442. The summed E-state index contributed by atoms with van der Waals surface area (Å²) in [6.07, 6.45) is 1.64. The zero-order chi connectivity index (χ0) is 17.7. The molecule has 0 bridgehead atoms. The average molecular weight is 340 g/mol. The molecule has 2 aliphatic heterocycles. The highest BCUT2D eigenvalue weighted by molar-refractivity contribution is 5.82. The number of likely N-dealkylation sites (tertiary alicyclic amines) is 1. The molecule has 2 aliphatic rings. The van der Waals surface area contributed by atoms with E-state index in [2.05, 4.69) is 15.5 Å². The summed E-state index contributed by atoms with van der Waals surface area (Å²) < 4.78 is 5.44. The number of piperidine rings is 1. The first-order valence-electron chi connectivity index (χ1n) is 9.03. The monoisotopic (exact) mass is 340 g/mol. The normalized spacial score (nSPS) is 23.8. The lowest BCUT2D eigenvalue weighted by Crippen LogP contribution is -2.60. The predicted molar refractivity (Wildman–Crippen MR) is 92.9 cm³/mol. The molecule has 0 aliphatic carbocycles. The maximum Gasteiger partial charge on any atom is 0.410 e. The summed E-state index contributed by atoms with van der Waals surface area (Å²) in [6, 6.07) is 0.297. The lowest BCUT2D eigenvalue weighted by molar-refractivity contribution is -0.124. The summed E-state index contributed by atoms with van der Waals surface area (Å²) in [7, 11) is 0. The van der Waals surface area contributed by atoms with E-state index >= 15 is 0 Å². The number of hydrogen-bond acceptors (Lipinski definition) is 5. The second kappa shape index (κ2) is 8.16. The van der Waals surface area contributed by atoms with Crippen LogP contribution in [0.3, 0.4) is 0 Å². The Morgan fingerprint density at radius 3 is 2.46 bits per heavy atom. The van der Waals surface area contributed by atoms with Crippen molar-refractivity contribution in [2.45, 2.75) is 58.2 Å². The van der Waals surface area contributed by atoms with Crippen molar-refractivity contribution in [2.24, 2.45) is 0 Å². The third-order valence-electron chi connectivity index (χ3n) is 4.51. The van der Waals surface area contributed by atoms with E-state index < -0.39 is 5.60 Å². The molecule has 2 rings (SSSR count). The minimum Gasteiger partial charge on any atom is -0.444 e. The van der Waals surface area contributed by atoms with Gasteiger partial charge >= 0.3 is 6.09 Å². The summed E-state index contributed by atoms with van der Waals surface area (Å²) in [5.74, 6) is 0.0772. The van der Waals surface area contributed by atoms with Crippen molar-refractivity contribution in [3.8, 4) is 0 Å². The second-order valence-electron chi connectivity index (χ2n) is 7.59. The van der Waals surface area contributed by atoms with Crippen LogP contribution in [0.1, 0.15) is 40.5 Å². The lowest BCUT2D eigenvalue weighted by atomic mass is 10.0. The molecule has 2 saturated heterocycles. The first-order chi connectivity index (χ1) is 11.3. The molecule has 2 N–H and O–H groups in total. The van der Waals surface area contributed by atoms with Gasteiger partial charge in [0.05, 0.1) is 6.04 Å². The number of carbonyl (C=O) groups is 2. The molecule has 0 aromatic heterocycles. The largest absolute Gasteiger partial charge is 0.444 e. The highest BCUT2D eigenvalue weighted by Gasteiger charge is 2.33. The number of amides is 2. The highest BCUT2D eigenvalue weighted by Crippen LogP contribution is 2.20. The molecule has 2 amide bonds. The standard InChI is InChI=1S/C17H32N4O3/c1-5-18-15(22)14-12-21(11-8-19-14)13-6-9-20(10-7-13)16(23)24-17(2,3)4/h13-14,19H,5-12H2,1-4H3,(H,18,22). The van der Waals surface area contributed by atoms with Gasteiger partial charge in [0.25, 0.3) is 0 Å². The topological polar surface area (TPSA) is 73.9 Å². The zero-order valence-electron chi connectivity index (χ0n) is 15.4. The van der Waals surface area contributed by atoms with Gasteiger partial charge in [0.1, 0.15) is 5.60 Å². The van der Waals surface area contributed by atoms with Gasteiger partial charge in [-0.3, -0.25) is 9.69 Å². The maximum atomic E-state index is 12.1. The van der Waals surface area contributed by atoms with Crippen LogP contribution in [-0.4, -0.2) is 78.8 Å². The predicted octanol–water partition coefficient (Wildman–Crippen LogP) is 0.796. The molecule has 0 spiro atoms. The molecule has 0 aromatic rings. The molecule has 1 atom stereocenters. The Kier molecular flexibility index (Phi) is 6.46. The van der Waals surface area contributed by atoms with Gasteiger partial charge in [-0.15, -0.1) is 0 Å². The van der Waals surface area contributed by atoms with Crippen LogP contribution in [0.15, 0.2) is 0 Å². The first-order valence-corrected chi connectivity index (χ1v) is 9.03. The highest BCUT2D eigenvalue weighted by atomic mass is 16.6. The number of carbonyl (C=O) groups excluding carboxylic acids is 2. The number of nitrogens with one attached hydrogen (secondary N) is 2. The fraction of sp³-hybridized carbons (Fsp3) is 0.882. The first kappa shape index (κ1) is 19.0. The Balaban J connectivity index is 1.81. The molecular formula is C17H32N4O3. The van der Waals surface area contributed by atoms with E-state index in [1.54, 1.807) is 4.90 Å². The summed E-state index contributed by atoms with van der Waals surface area (Å²) in [6.45, 7) is 12.2. The maximum absolute atomic E-state index is 12.1. The quantitative estimate of drug-likeness (QED) is 0.795. The van der Waals surface area contributed by atoms with Crippen LogP contribution in [0.25, 0.3) is 0 Å². The van der Waals surface area contributed by atoms with Gasteiger partial charge in [-0.1, -0.05) is 0 Å². The number of nitrogens with zero attached hydrogens (tertiary/aromatic N) is 2. The number of hydrogen-bond donors (Lipinski definition) is 2. The van der Waals surface area contributed by atoms with Gasteiger partial charge < -0.3 is 20.3 Å². The van der Waals surface area contributed by atoms with Gasteiger partial charge in [-0.2, -0.15) is 0 Å². The minimum atomic E-state index is -0.452. The van der Waals surface area contributed by atoms with Crippen LogP contribution in [-0.2, 0) is 9.53 Å². The number of rotatable bonds is 3. The molecule has 0 aromatic carbocycles. The zero-order valence-corrected chi connectivity index (χ0v) is 15.4. The van der Waals surface area contributed by atoms with Gasteiger partial charge in [-0.25, -0.2) is 4.79 Å². The molecule has 2 heterocycles. The fourth-order valence-electron chi connectivity index (χ4n) is 3.32. The van der Waals surface area contributed by atoms with E-state index in [1.807, 2.05) is 27.7 Å². The van der Waals surface area contributed by atoms with Crippen LogP contribution < -0.4 is 10.6 Å². The molecule has 7 heteroatoms. The van der Waals surface area contributed by atoms with E-state index in [1.165, 1.54) is 0 Å². The van der Waals surface area contributed by atoms with Crippen molar-refractivity contribution in [3.63, 3.8) is 0 Å². The number of likely N-dealkylation sites (N-methyl/N-ethyl adjacent to an activating group) is 1. The number of ether oxygens (including phenoxy) is 1.